The van der Waals surface area contributed by atoms with E-state index in [0.717, 1.165) is 30.7 Å². The molecule has 0 aliphatic rings. The molecule has 138 valence electrons. The van der Waals surface area contributed by atoms with Crippen LogP contribution in [0, 0.1) is 5.92 Å². The number of rotatable bonds is 13. The Kier molecular flexibility index (Phi) is 10.6. The molecular weight excluding hydrogens is 298 g/mol. The van der Waals surface area contributed by atoms with Crippen LogP contribution < -0.4 is 10.1 Å². The predicted octanol–water partition coefficient (Wildman–Crippen LogP) is 5.63. The van der Waals surface area contributed by atoms with Crippen LogP contribution in [0.25, 0.3) is 0 Å². The summed E-state index contributed by atoms with van der Waals surface area (Å²) in [5, 5.41) is 13.9. The summed E-state index contributed by atoms with van der Waals surface area (Å²) in [5.74, 6) is 1.34. The van der Waals surface area contributed by atoms with Gasteiger partial charge in [0.2, 0.25) is 0 Å². The molecule has 0 bridgehead atoms. The van der Waals surface area contributed by atoms with E-state index in [2.05, 4.69) is 26.1 Å². The summed E-state index contributed by atoms with van der Waals surface area (Å²) in [6.45, 7) is 6.66. The lowest BCUT2D eigenvalue weighted by Gasteiger charge is -2.26. The highest BCUT2D eigenvalue weighted by Gasteiger charge is 2.17. The van der Waals surface area contributed by atoms with Crippen molar-refractivity contribution in [2.75, 3.05) is 12.4 Å². The second-order valence-electron chi connectivity index (χ2n) is 7.17. The first-order valence-electron chi connectivity index (χ1n) is 9.65. The maximum Gasteiger partial charge on any atom is 0.119 e. The Morgan fingerprint density at radius 3 is 2.21 bits per heavy atom. The molecule has 0 radical (unpaired) electrons. The summed E-state index contributed by atoms with van der Waals surface area (Å²) in [7, 11) is 1.68. The van der Waals surface area contributed by atoms with Crippen LogP contribution in [0.4, 0.5) is 5.69 Å². The van der Waals surface area contributed by atoms with Crippen molar-refractivity contribution in [2.45, 2.75) is 84.3 Å². The Labute approximate surface area is 148 Å². The average Bonchev–Trinajstić information content (AvgIpc) is 2.58. The van der Waals surface area contributed by atoms with Gasteiger partial charge >= 0.3 is 0 Å². The summed E-state index contributed by atoms with van der Waals surface area (Å²) < 4.78 is 5.20. The lowest BCUT2D eigenvalue weighted by Crippen LogP contribution is -2.30. The molecule has 0 aliphatic carbocycles. The Morgan fingerprint density at radius 2 is 1.62 bits per heavy atom. The molecule has 0 heterocycles. The van der Waals surface area contributed by atoms with Gasteiger partial charge in [-0.05, 0) is 43.0 Å². The Balaban J connectivity index is 2.35. The highest BCUT2D eigenvalue weighted by Crippen LogP contribution is 2.21. The molecule has 0 saturated heterocycles. The fourth-order valence-electron chi connectivity index (χ4n) is 2.97. The zero-order valence-electron chi connectivity index (χ0n) is 16.1. The molecule has 1 aromatic rings. The molecule has 2 atom stereocenters. The van der Waals surface area contributed by atoms with E-state index in [9.17, 15) is 5.11 Å². The van der Waals surface area contributed by atoms with Crippen molar-refractivity contribution in [1.82, 2.24) is 0 Å². The minimum atomic E-state index is -0.214. The lowest BCUT2D eigenvalue weighted by molar-refractivity contribution is 0.138. The van der Waals surface area contributed by atoms with Gasteiger partial charge in [-0.15, -0.1) is 0 Å². The van der Waals surface area contributed by atoms with Crippen LogP contribution >= 0.6 is 0 Å². The Hall–Kier alpha value is -1.22. The minimum absolute atomic E-state index is 0.214. The number of unbranched alkanes of at least 4 members (excludes halogenated alkanes) is 5. The molecule has 0 saturated carbocycles. The number of anilines is 1. The average molecular weight is 336 g/mol. The molecule has 3 heteroatoms. The molecule has 0 unspecified atom stereocenters. The van der Waals surface area contributed by atoms with E-state index >= 15 is 0 Å². The number of nitrogens with one attached hydrogen (secondary N) is 1. The number of hydrogen-bond donors (Lipinski definition) is 2. The van der Waals surface area contributed by atoms with Gasteiger partial charge in [0, 0.05) is 11.7 Å². The third-order valence-corrected chi connectivity index (χ3v) is 4.66. The minimum Gasteiger partial charge on any atom is -0.497 e. The third kappa shape index (κ3) is 8.58. The number of aliphatic hydroxyl groups excluding tert-OH is 1. The second kappa shape index (κ2) is 12.2. The maximum absolute atomic E-state index is 10.4. The SMILES string of the molecule is CCCCCCCC[C@H](O)C[C@H](Nc1ccc(OC)cc1)C(C)C. The Morgan fingerprint density at radius 1 is 1.00 bits per heavy atom. The molecule has 0 aromatic heterocycles. The molecule has 0 spiro atoms. The number of ether oxygens (including phenoxy) is 1. The van der Waals surface area contributed by atoms with Crippen molar-refractivity contribution in [3.05, 3.63) is 24.3 Å². The van der Waals surface area contributed by atoms with Crippen molar-refractivity contribution in [3.8, 4) is 5.75 Å². The van der Waals surface area contributed by atoms with Crippen LogP contribution in [0.2, 0.25) is 0 Å². The van der Waals surface area contributed by atoms with E-state index in [4.69, 9.17) is 4.74 Å². The first-order valence-corrected chi connectivity index (χ1v) is 9.65. The fourth-order valence-corrected chi connectivity index (χ4v) is 2.97. The number of hydrogen-bond acceptors (Lipinski definition) is 3. The number of benzene rings is 1. The van der Waals surface area contributed by atoms with E-state index < -0.39 is 0 Å². The van der Waals surface area contributed by atoms with E-state index in [-0.39, 0.29) is 12.1 Å². The van der Waals surface area contributed by atoms with E-state index in [0.29, 0.717) is 5.92 Å². The fraction of sp³-hybridized carbons (Fsp3) is 0.714. The zero-order valence-corrected chi connectivity index (χ0v) is 16.1. The van der Waals surface area contributed by atoms with Gasteiger partial charge in [0.05, 0.1) is 13.2 Å². The summed E-state index contributed by atoms with van der Waals surface area (Å²) in [6, 6.07) is 8.29. The molecule has 2 N–H and O–H groups in total. The summed E-state index contributed by atoms with van der Waals surface area (Å²) in [5.41, 5.74) is 1.08. The van der Waals surface area contributed by atoms with Gasteiger partial charge in [-0.1, -0.05) is 59.3 Å². The van der Waals surface area contributed by atoms with Gasteiger partial charge in [0.15, 0.2) is 0 Å². The van der Waals surface area contributed by atoms with Crippen LogP contribution in [-0.2, 0) is 0 Å². The van der Waals surface area contributed by atoms with Crippen LogP contribution in [0.3, 0.4) is 0 Å². The molecular formula is C21H37NO2. The van der Waals surface area contributed by atoms with E-state index in [1.54, 1.807) is 7.11 Å². The van der Waals surface area contributed by atoms with Gasteiger partial charge in [-0.2, -0.15) is 0 Å². The van der Waals surface area contributed by atoms with Gasteiger partial charge in [0.1, 0.15) is 5.75 Å². The topological polar surface area (TPSA) is 41.5 Å². The highest BCUT2D eigenvalue weighted by molar-refractivity contribution is 5.47. The third-order valence-electron chi connectivity index (χ3n) is 4.66. The molecule has 3 nitrogen and oxygen atoms in total. The van der Waals surface area contributed by atoms with Gasteiger partial charge < -0.3 is 15.2 Å². The van der Waals surface area contributed by atoms with Crippen molar-refractivity contribution < 1.29 is 9.84 Å². The smallest absolute Gasteiger partial charge is 0.119 e. The summed E-state index contributed by atoms with van der Waals surface area (Å²) in [4.78, 5) is 0. The van der Waals surface area contributed by atoms with Crippen LogP contribution in [-0.4, -0.2) is 24.4 Å². The predicted molar refractivity (Wildman–Crippen MR) is 104 cm³/mol. The number of methoxy groups -OCH3 is 1. The van der Waals surface area contributed by atoms with Crippen molar-refractivity contribution in [1.29, 1.82) is 0 Å². The molecule has 1 aromatic carbocycles. The molecule has 0 aliphatic heterocycles. The highest BCUT2D eigenvalue weighted by atomic mass is 16.5. The largest absolute Gasteiger partial charge is 0.497 e. The first kappa shape index (κ1) is 20.8. The van der Waals surface area contributed by atoms with E-state index in [1.165, 1.54) is 32.1 Å². The maximum atomic E-state index is 10.4. The van der Waals surface area contributed by atoms with Crippen LogP contribution in [0.1, 0.15) is 72.1 Å². The van der Waals surface area contributed by atoms with Crippen molar-refractivity contribution >= 4 is 5.69 Å². The summed E-state index contributed by atoms with van der Waals surface area (Å²) >= 11 is 0. The second-order valence-corrected chi connectivity index (χ2v) is 7.17. The molecule has 24 heavy (non-hydrogen) atoms. The standard InChI is InChI=1S/C21H37NO2/c1-5-6-7-8-9-10-11-19(23)16-21(17(2)3)22-18-12-14-20(24-4)15-13-18/h12-15,17,19,21-23H,5-11,16H2,1-4H3/t19-,21-/m0/s1. The normalized spacial score (nSPS) is 13.8. The lowest BCUT2D eigenvalue weighted by atomic mass is 9.95. The first-order chi connectivity index (χ1) is 11.6. The van der Waals surface area contributed by atoms with Gasteiger partial charge in [-0.3, -0.25) is 0 Å². The van der Waals surface area contributed by atoms with Gasteiger partial charge in [-0.25, -0.2) is 0 Å². The quantitative estimate of drug-likeness (QED) is 0.459. The zero-order chi connectivity index (χ0) is 17.8. The summed E-state index contributed by atoms with van der Waals surface area (Å²) in [6.07, 6.45) is 9.15. The molecule has 0 fully saturated rings. The van der Waals surface area contributed by atoms with Gasteiger partial charge in [0.25, 0.3) is 0 Å². The van der Waals surface area contributed by atoms with Crippen molar-refractivity contribution in [3.63, 3.8) is 0 Å². The number of aliphatic hydroxyl groups is 1. The van der Waals surface area contributed by atoms with Crippen LogP contribution in [0.15, 0.2) is 24.3 Å². The Bertz CT molecular complexity index is 416. The monoisotopic (exact) mass is 335 g/mol. The molecule has 0 amide bonds. The van der Waals surface area contributed by atoms with Crippen LogP contribution in [0.5, 0.6) is 5.75 Å². The van der Waals surface area contributed by atoms with E-state index in [1.807, 2.05) is 24.3 Å². The molecule has 1 rings (SSSR count). The van der Waals surface area contributed by atoms with Crippen molar-refractivity contribution in [2.24, 2.45) is 5.92 Å².